The zero-order valence-electron chi connectivity index (χ0n) is 11.8. The lowest BCUT2D eigenvalue weighted by Gasteiger charge is -2.19. The van der Waals surface area contributed by atoms with Gasteiger partial charge in [-0.25, -0.2) is 0 Å². The molecule has 1 amide bonds. The van der Waals surface area contributed by atoms with Gasteiger partial charge in [0.05, 0.1) is 0 Å². The average Bonchev–Trinajstić information content (AvgIpc) is 2.78. The number of nitrogens with zero attached hydrogens (tertiary/aromatic N) is 1. The van der Waals surface area contributed by atoms with Gasteiger partial charge in [-0.05, 0) is 36.8 Å². The van der Waals surface area contributed by atoms with Crippen molar-refractivity contribution >= 4 is 11.7 Å². The van der Waals surface area contributed by atoms with Crippen molar-refractivity contribution in [3.8, 4) is 0 Å². The summed E-state index contributed by atoms with van der Waals surface area (Å²) in [5.74, 6) is 1.14. The molecule has 0 heterocycles. The summed E-state index contributed by atoms with van der Waals surface area (Å²) < 4.78 is 0. The van der Waals surface area contributed by atoms with Crippen molar-refractivity contribution in [2.24, 2.45) is 22.7 Å². The number of nitrogens with one attached hydrogen (secondary N) is 1. The van der Waals surface area contributed by atoms with Crippen LogP contribution < -0.4 is 11.1 Å². The van der Waals surface area contributed by atoms with E-state index < -0.39 is 0 Å². The average molecular weight is 275 g/mol. The Labute approximate surface area is 118 Å². The van der Waals surface area contributed by atoms with Gasteiger partial charge >= 0.3 is 0 Å². The van der Waals surface area contributed by atoms with E-state index in [1.807, 2.05) is 0 Å². The van der Waals surface area contributed by atoms with Crippen molar-refractivity contribution < 1.29 is 10.0 Å². The topological polar surface area (TPSA) is 87.7 Å². The number of nitrogens with two attached hydrogens (primary N) is 1. The minimum Gasteiger partial charge on any atom is -0.409 e. The predicted octanol–water partition coefficient (Wildman–Crippen LogP) is 1.95. The lowest BCUT2D eigenvalue weighted by atomic mass is 9.97. The monoisotopic (exact) mass is 275 g/mol. The number of rotatable bonds is 3. The fourth-order valence-electron chi connectivity index (χ4n) is 2.67. The van der Waals surface area contributed by atoms with Gasteiger partial charge in [-0.1, -0.05) is 31.1 Å². The van der Waals surface area contributed by atoms with Gasteiger partial charge in [0.15, 0.2) is 5.84 Å². The maximum Gasteiger partial charge on any atom is 0.251 e. The third-order valence-electron chi connectivity index (χ3n) is 4.33. The van der Waals surface area contributed by atoms with Crippen molar-refractivity contribution in [1.82, 2.24) is 5.32 Å². The number of amides is 1. The van der Waals surface area contributed by atoms with Crippen LogP contribution in [-0.4, -0.2) is 23.0 Å². The van der Waals surface area contributed by atoms with E-state index >= 15 is 0 Å². The van der Waals surface area contributed by atoms with Crippen LogP contribution in [0.25, 0.3) is 0 Å². The minimum absolute atomic E-state index is 0.0372. The number of oxime groups is 1. The fraction of sp³-hybridized carbons (Fsp3) is 0.467. The quantitative estimate of drug-likeness (QED) is 0.341. The predicted molar refractivity (Wildman–Crippen MR) is 77.8 cm³/mol. The van der Waals surface area contributed by atoms with E-state index in [2.05, 4.69) is 24.3 Å². The van der Waals surface area contributed by atoms with Crippen LogP contribution in [0, 0.1) is 11.8 Å². The normalized spacial score (nSPS) is 26.5. The van der Waals surface area contributed by atoms with Crippen molar-refractivity contribution in [2.75, 3.05) is 0 Å². The Hall–Kier alpha value is -2.04. The number of hydrogen-bond donors (Lipinski definition) is 3. The Morgan fingerprint density at radius 2 is 1.85 bits per heavy atom. The van der Waals surface area contributed by atoms with E-state index in [1.165, 1.54) is 0 Å². The Morgan fingerprint density at radius 1 is 1.25 bits per heavy atom. The molecule has 3 unspecified atom stereocenters. The van der Waals surface area contributed by atoms with Crippen LogP contribution in [0.5, 0.6) is 0 Å². The van der Waals surface area contributed by atoms with E-state index in [-0.39, 0.29) is 17.8 Å². The van der Waals surface area contributed by atoms with Gasteiger partial charge in [-0.15, -0.1) is 0 Å². The molecule has 1 fully saturated rings. The molecule has 0 saturated heterocycles. The number of carbonyl (C=O) groups excluding carboxylic acids is 1. The van der Waals surface area contributed by atoms with Gasteiger partial charge in [0.25, 0.3) is 5.91 Å². The molecular weight excluding hydrogens is 254 g/mol. The van der Waals surface area contributed by atoms with E-state index in [0.29, 0.717) is 23.0 Å². The summed E-state index contributed by atoms with van der Waals surface area (Å²) >= 11 is 0. The van der Waals surface area contributed by atoms with Crippen molar-refractivity contribution in [3.63, 3.8) is 0 Å². The highest BCUT2D eigenvalue weighted by molar-refractivity contribution is 5.99. The number of hydrogen-bond acceptors (Lipinski definition) is 3. The Morgan fingerprint density at radius 3 is 2.35 bits per heavy atom. The van der Waals surface area contributed by atoms with Gasteiger partial charge in [0.2, 0.25) is 0 Å². The van der Waals surface area contributed by atoms with Gasteiger partial charge in [0.1, 0.15) is 0 Å². The minimum atomic E-state index is -0.0676. The summed E-state index contributed by atoms with van der Waals surface area (Å²) in [5.41, 5.74) is 6.66. The van der Waals surface area contributed by atoms with E-state index in [1.54, 1.807) is 24.3 Å². The third-order valence-corrected chi connectivity index (χ3v) is 4.33. The van der Waals surface area contributed by atoms with Crippen LogP contribution in [0.4, 0.5) is 0 Å². The molecule has 1 aromatic carbocycles. The molecule has 0 spiro atoms. The van der Waals surface area contributed by atoms with Crippen molar-refractivity contribution in [2.45, 2.75) is 32.7 Å². The van der Waals surface area contributed by atoms with Crippen LogP contribution >= 0.6 is 0 Å². The zero-order chi connectivity index (χ0) is 14.7. The van der Waals surface area contributed by atoms with Crippen LogP contribution in [0.15, 0.2) is 29.4 Å². The summed E-state index contributed by atoms with van der Waals surface area (Å²) in [4.78, 5) is 12.2. The molecule has 0 bridgehead atoms. The lowest BCUT2D eigenvalue weighted by Crippen LogP contribution is -2.37. The van der Waals surface area contributed by atoms with Crippen LogP contribution in [0.1, 0.15) is 42.6 Å². The summed E-state index contributed by atoms with van der Waals surface area (Å²) in [5, 5.41) is 14.6. The van der Waals surface area contributed by atoms with Crippen LogP contribution in [0.2, 0.25) is 0 Å². The molecule has 108 valence electrons. The zero-order valence-corrected chi connectivity index (χ0v) is 11.8. The second-order valence-electron chi connectivity index (χ2n) is 5.56. The molecule has 1 aromatic rings. The maximum absolute atomic E-state index is 12.2. The highest BCUT2D eigenvalue weighted by Crippen LogP contribution is 2.31. The molecule has 0 radical (unpaired) electrons. The molecule has 20 heavy (non-hydrogen) atoms. The first-order chi connectivity index (χ1) is 9.52. The third kappa shape index (κ3) is 2.92. The van der Waals surface area contributed by atoms with E-state index in [9.17, 15) is 4.79 Å². The summed E-state index contributed by atoms with van der Waals surface area (Å²) in [6.45, 7) is 4.41. The number of benzene rings is 1. The van der Waals surface area contributed by atoms with Crippen LogP contribution in [-0.2, 0) is 0 Å². The summed E-state index contributed by atoms with van der Waals surface area (Å²) in [6.07, 6.45) is 2.20. The number of amidine groups is 1. The lowest BCUT2D eigenvalue weighted by molar-refractivity contribution is 0.0927. The molecule has 5 nitrogen and oxygen atoms in total. The highest BCUT2D eigenvalue weighted by atomic mass is 16.4. The van der Waals surface area contributed by atoms with Gasteiger partial charge in [-0.2, -0.15) is 0 Å². The molecular formula is C15H21N3O2. The fourth-order valence-corrected chi connectivity index (χ4v) is 2.67. The molecule has 1 aliphatic carbocycles. The number of carbonyl (C=O) groups is 1. The molecule has 0 aromatic heterocycles. The van der Waals surface area contributed by atoms with E-state index in [0.717, 1.165) is 12.8 Å². The van der Waals surface area contributed by atoms with Crippen molar-refractivity contribution in [1.29, 1.82) is 0 Å². The Kier molecular flexibility index (Phi) is 4.27. The summed E-state index contributed by atoms with van der Waals surface area (Å²) in [6, 6.07) is 6.97. The SMILES string of the molecule is CC1CCC(NC(=O)c2ccc(C(N)=NO)cc2)C1C. The van der Waals surface area contributed by atoms with Gasteiger partial charge < -0.3 is 16.3 Å². The second kappa shape index (κ2) is 5.94. The van der Waals surface area contributed by atoms with Crippen LogP contribution in [0.3, 0.4) is 0 Å². The molecule has 3 atom stereocenters. The maximum atomic E-state index is 12.2. The first kappa shape index (κ1) is 14.4. The standard InChI is InChI=1S/C15H21N3O2/c1-9-3-8-13(10(9)2)17-15(19)12-6-4-11(5-7-12)14(16)18-20/h4-7,9-10,13,20H,3,8H2,1-2H3,(H2,16,18)(H,17,19). The highest BCUT2D eigenvalue weighted by Gasteiger charge is 2.30. The second-order valence-corrected chi connectivity index (χ2v) is 5.56. The molecule has 2 rings (SSSR count). The summed E-state index contributed by atoms with van der Waals surface area (Å²) in [7, 11) is 0. The smallest absolute Gasteiger partial charge is 0.251 e. The first-order valence-corrected chi connectivity index (χ1v) is 6.91. The van der Waals surface area contributed by atoms with Gasteiger partial charge in [0, 0.05) is 17.2 Å². The molecule has 0 aliphatic heterocycles. The van der Waals surface area contributed by atoms with Gasteiger partial charge in [-0.3, -0.25) is 4.79 Å². The molecule has 4 N–H and O–H groups in total. The van der Waals surface area contributed by atoms with Crippen molar-refractivity contribution in [3.05, 3.63) is 35.4 Å². The molecule has 5 heteroatoms. The largest absolute Gasteiger partial charge is 0.409 e. The molecule has 1 saturated carbocycles. The first-order valence-electron chi connectivity index (χ1n) is 6.91. The Balaban J connectivity index is 2.03. The molecule has 1 aliphatic rings. The Bertz CT molecular complexity index is 510. The van der Waals surface area contributed by atoms with E-state index in [4.69, 9.17) is 10.9 Å².